The molecule has 1 unspecified atom stereocenters. The zero-order chi connectivity index (χ0) is 13.1. The normalized spacial score (nSPS) is 23.1. The predicted octanol–water partition coefficient (Wildman–Crippen LogP) is 3.23. The lowest BCUT2D eigenvalue weighted by Gasteiger charge is -2.25. The fourth-order valence-electron chi connectivity index (χ4n) is 2.44. The lowest BCUT2D eigenvalue weighted by molar-refractivity contribution is -0.384. The number of allylic oxidation sites excluding steroid dienone is 2. The zero-order valence-electron chi connectivity index (χ0n) is 10.2. The molecule has 0 aliphatic heterocycles. The molecule has 2 atom stereocenters. The second-order valence-corrected chi connectivity index (χ2v) is 4.50. The molecule has 0 saturated carbocycles. The van der Waals surface area contributed by atoms with Crippen LogP contribution in [0, 0.1) is 16.0 Å². The Hall–Kier alpha value is -1.97. The fourth-order valence-corrected chi connectivity index (χ4v) is 2.44. The number of nitro benzene ring substituents is 1. The van der Waals surface area contributed by atoms with E-state index >= 15 is 0 Å². The molecule has 1 aliphatic rings. The first-order valence-electron chi connectivity index (χ1n) is 6.07. The minimum Gasteiger partial charge on any atom is -0.299 e. The van der Waals surface area contributed by atoms with Gasteiger partial charge in [-0.3, -0.25) is 14.9 Å². The Morgan fingerprint density at radius 2 is 2.00 bits per heavy atom. The van der Waals surface area contributed by atoms with Crippen LogP contribution in [0.25, 0.3) is 0 Å². The highest BCUT2D eigenvalue weighted by Gasteiger charge is 2.29. The van der Waals surface area contributed by atoms with Gasteiger partial charge in [-0.15, -0.1) is 0 Å². The number of nitrogens with zero attached hydrogens (tertiary/aromatic N) is 1. The van der Waals surface area contributed by atoms with Gasteiger partial charge in [-0.1, -0.05) is 31.2 Å². The van der Waals surface area contributed by atoms with Crippen molar-refractivity contribution in [2.75, 3.05) is 0 Å². The molecule has 0 fully saturated rings. The smallest absolute Gasteiger partial charge is 0.269 e. The van der Waals surface area contributed by atoms with Gasteiger partial charge in [0, 0.05) is 24.5 Å². The number of benzene rings is 1. The first kappa shape index (κ1) is 12.5. The van der Waals surface area contributed by atoms with Gasteiger partial charge in [0.1, 0.15) is 5.78 Å². The summed E-state index contributed by atoms with van der Waals surface area (Å²) in [6.07, 6.45) is 5.34. The second-order valence-electron chi connectivity index (χ2n) is 4.50. The van der Waals surface area contributed by atoms with Crippen molar-refractivity contribution >= 4 is 11.5 Å². The zero-order valence-corrected chi connectivity index (χ0v) is 10.2. The summed E-state index contributed by atoms with van der Waals surface area (Å²) in [5, 5.41) is 10.6. The molecule has 1 aromatic rings. The van der Waals surface area contributed by atoms with E-state index in [0.717, 1.165) is 12.0 Å². The fraction of sp³-hybridized carbons (Fsp3) is 0.357. The summed E-state index contributed by atoms with van der Waals surface area (Å²) in [5.74, 6) is 0.242. The molecule has 4 nitrogen and oxygen atoms in total. The maximum atomic E-state index is 12.0. The molecule has 1 aliphatic carbocycles. The maximum Gasteiger partial charge on any atom is 0.269 e. The highest BCUT2D eigenvalue weighted by atomic mass is 16.6. The SMILES string of the molecule is CC[C@@H]1C=CCC(=O)C1c1ccc([N+](=O)[O-])cc1. The monoisotopic (exact) mass is 245 g/mol. The van der Waals surface area contributed by atoms with Gasteiger partial charge in [0.05, 0.1) is 4.92 Å². The third-order valence-corrected chi connectivity index (χ3v) is 3.41. The third-order valence-electron chi connectivity index (χ3n) is 3.41. The molecule has 94 valence electrons. The van der Waals surface area contributed by atoms with E-state index in [0.29, 0.717) is 6.42 Å². The van der Waals surface area contributed by atoms with Gasteiger partial charge in [-0.05, 0) is 17.9 Å². The van der Waals surface area contributed by atoms with E-state index in [9.17, 15) is 14.9 Å². The number of nitro groups is 1. The number of hydrogen-bond acceptors (Lipinski definition) is 3. The molecule has 0 saturated heterocycles. The Labute approximate surface area is 105 Å². The molecular formula is C14H15NO3. The molecule has 0 spiro atoms. The molecule has 2 rings (SSSR count). The van der Waals surface area contributed by atoms with Crippen LogP contribution in [0.15, 0.2) is 36.4 Å². The summed E-state index contributed by atoms with van der Waals surface area (Å²) in [5.41, 5.74) is 0.937. The average molecular weight is 245 g/mol. The van der Waals surface area contributed by atoms with Crippen LogP contribution in [0.4, 0.5) is 5.69 Å². The first-order chi connectivity index (χ1) is 8.63. The highest BCUT2D eigenvalue weighted by Crippen LogP contribution is 2.34. The minimum atomic E-state index is -0.427. The van der Waals surface area contributed by atoms with E-state index < -0.39 is 4.92 Å². The lowest BCUT2D eigenvalue weighted by atomic mass is 9.77. The number of Topliss-reactive ketones (excluding diaryl/α,β-unsaturated/α-hetero) is 1. The number of rotatable bonds is 3. The number of hydrogen-bond donors (Lipinski definition) is 0. The van der Waals surface area contributed by atoms with Crippen LogP contribution in [0.3, 0.4) is 0 Å². The summed E-state index contributed by atoms with van der Waals surface area (Å²) < 4.78 is 0. The minimum absolute atomic E-state index is 0.0607. The maximum absolute atomic E-state index is 12.0. The average Bonchev–Trinajstić information content (AvgIpc) is 2.38. The number of carbonyl (C=O) groups excluding carboxylic acids is 1. The van der Waals surface area contributed by atoms with E-state index in [-0.39, 0.29) is 23.3 Å². The van der Waals surface area contributed by atoms with Crippen molar-refractivity contribution in [3.05, 3.63) is 52.1 Å². The summed E-state index contributed by atoms with van der Waals surface area (Å²) in [6, 6.07) is 6.33. The van der Waals surface area contributed by atoms with Crippen LogP contribution in [0.5, 0.6) is 0 Å². The molecular weight excluding hydrogens is 230 g/mol. The summed E-state index contributed by atoms with van der Waals surface area (Å²) >= 11 is 0. The van der Waals surface area contributed by atoms with E-state index in [1.807, 2.05) is 13.0 Å². The van der Waals surface area contributed by atoms with Gasteiger partial charge in [0.2, 0.25) is 0 Å². The Kier molecular flexibility index (Phi) is 3.55. The lowest BCUT2D eigenvalue weighted by Crippen LogP contribution is -2.22. The predicted molar refractivity (Wildman–Crippen MR) is 68.4 cm³/mol. The largest absolute Gasteiger partial charge is 0.299 e. The van der Waals surface area contributed by atoms with Gasteiger partial charge < -0.3 is 0 Å². The van der Waals surface area contributed by atoms with Crippen molar-refractivity contribution < 1.29 is 9.72 Å². The van der Waals surface area contributed by atoms with Gasteiger partial charge >= 0.3 is 0 Å². The van der Waals surface area contributed by atoms with Crippen LogP contribution < -0.4 is 0 Å². The second kappa shape index (κ2) is 5.12. The summed E-state index contributed by atoms with van der Waals surface area (Å²) in [6.45, 7) is 2.05. The van der Waals surface area contributed by atoms with Crippen LogP contribution in [-0.4, -0.2) is 10.7 Å². The molecule has 4 heteroatoms. The van der Waals surface area contributed by atoms with Gasteiger partial charge in [0.15, 0.2) is 0 Å². The van der Waals surface area contributed by atoms with Crippen LogP contribution in [-0.2, 0) is 4.79 Å². The third kappa shape index (κ3) is 2.32. The van der Waals surface area contributed by atoms with Crippen LogP contribution in [0.2, 0.25) is 0 Å². The van der Waals surface area contributed by atoms with Gasteiger partial charge in [-0.2, -0.15) is 0 Å². The first-order valence-corrected chi connectivity index (χ1v) is 6.07. The van der Waals surface area contributed by atoms with Crippen LogP contribution >= 0.6 is 0 Å². The Bertz CT molecular complexity index is 490. The van der Waals surface area contributed by atoms with E-state index in [1.165, 1.54) is 12.1 Å². The molecule has 0 heterocycles. The van der Waals surface area contributed by atoms with Crippen molar-refractivity contribution in [2.45, 2.75) is 25.7 Å². The van der Waals surface area contributed by atoms with Gasteiger partial charge in [-0.25, -0.2) is 0 Å². The Balaban J connectivity index is 2.31. The summed E-state index contributed by atoms with van der Waals surface area (Å²) in [4.78, 5) is 22.2. The molecule has 0 N–H and O–H groups in total. The van der Waals surface area contributed by atoms with Gasteiger partial charge in [0.25, 0.3) is 5.69 Å². The molecule has 0 bridgehead atoms. The number of carbonyl (C=O) groups is 1. The van der Waals surface area contributed by atoms with E-state index in [4.69, 9.17) is 0 Å². The Morgan fingerprint density at radius 3 is 2.56 bits per heavy atom. The number of ketones is 1. The standard InChI is InChI=1S/C14H15NO3/c1-2-10-4-3-5-13(16)14(10)11-6-8-12(9-7-11)15(17)18/h3-4,6-10,14H,2,5H2,1H3/t10-,14?/m1/s1. The Morgan fingerprint density at radius 1 is 1.33 bits per heavy atom. The van der Waals surface area contributed by atoms with E-state index in [2.05, 4.69) is 6.08 Å². The van der Waals surface area contributed by atoms with Crippen molar-refractivity contribution in [1.82, 2.24) is 0 Å². The van der Waals surface area contributed by atoms with E-state index in [1.54, 1.807) is 12.1 Å². The molecule has 1 aromatic carbocycles. The quantitative estimate of drug-likeness (QED) is 0.466. The number of non-ortho nitro benzene ring substituents is 1. The molecule has 0 radical (unpaired) electrons. The highest BCUT2D eigenvalue weighted by molar-refractivity contribution is 5.88. The topological polar surface area (TPSA) is 60.2 Å². The molecule has 0 amide bonds. The van der Waals surface area contributed by atoms with Crippen molar-refractivity contribution in [3.8, 4) is 0 Å². The summed E-state index contributed by atoms with van der Waals surface area (Å²) in [7, 11) is 0. The van der Waals surface area contributed by atoms with Crippen molar-refractivity contribution in [2.24, 2.45) is 5.92 Å². The molecule has 18 heavy (non-hydrogen) atoms. The van der Waals surface area contributed by atoms with Crippen LogP contribution in [0.1, 0.15) is 31.2 Å². The van der Waals surface area contributed by atoms with Crippen molar-refractivity contribution in [3.63, 3.8) is 0 Å². The van der Waals surface area contributed by atoms with Crippen molar-refractivity contribution in [1.29, 1.82) is 0 Å². The molecule has 0 aromatic heterocycles.